The van der Waals surface area contributed by atoms with Crippen molar-refractivity contribution in [1.82, 2.24) is 20.4 Å². The fourth-order valence-corrected chi connectivity index (χ4v) is 3.30. The molecule has 0 bridgehead atoms. The van der Waals surface area contributed by atoms with Gasteiger partial charge in [0.1, 0.15) is 11.6 Å². The normalized spacial score (nSPS) is 17.3. The second kappa shape index (κ2) is 12.3. The molecule has 0 atom stereocenters. The van der Waals surface area contributed by atoms with Gasteiger partial charge >= 0.3 is 6.61 Å². The summed E-state index contributed by atoms with van der Waals surface area (Å²) >= 11 is 0. The first-order valence-corrected chi connectivity index (χ1v) is 10.2. The third kappa shape index (κ3) is 8.02. The molecule has 1 saturated carbocycles. The van der Waals surface area contributed by atoms with Crippen LogP contribution in [0.15, 0.2) is 23.2 Å². The van der Waals surface area contributed by atoms with Gasteiger partial charge in [-0.1, -0.05) is 6.07 Å². The van der Waals surface area contributed by atoms with E-state index >= 15 is 0 Å². The first kappa shape index (κ1) is 25.5. The average molecular weight is 555 g/mol. The zero-order valence-corrected chi connectivity index (χ0v) is 19.8. The molecule has 1 aromatic rings. The summed E-state index contributed by atoms with van der Waals surface area (Å²) in [4.78, 5) is 20.5. The minimum absolute atomic E-state index is 0. The Balaban J connectivity index is 0.00000341. The molecule has 1 amide bonds. The van der Waals surface area contributed by atoms with Crippen LogP contribution >= 0.6 is 24.0 Å². The fourth-order valence-electron chi connectivity index (χ4n) is 3.30. The molecule has 0 unspecified atom stereocenters. The molecule has 7 nitrogen and oxygen atoms in total. The van der Waals surface area contributed by atoms with Gasteiger partial charge in [0, 0.05) is 38.8 Å². The minimum atomic E-state index is -3.03. The van der Waals surface area contributed by atoms with E-state index in [9.17, 15) is 18.0 Å². The van der Waals surface area contributed by atoms with Gasteiger partial charge in [0.25, 0.3) is 0 Å². The van der Waals surface area contributed by atoms with Crippen molar-refractivity contribution < 1.29 is 22.7 Å². The number of ether oxygens (including phenoxy) is 1. The van der Waals surface area contributed by atoms with Crippen molar-refractivity contribution in [3.05, 3.63) is 29.6 Å². The first-order valence-electron chi connectivity index (χ1n) is 10.2. The summed E-state index contributed by atoms with van der Waals surface area (Å²) in [5, 5.41) is 6.15. The second-order valence-electron chi connectivity index (χ2n) is 7.37. The highest BCUT2D eigenvalue weighted by atomic mass is 127. The van der Waals surface area contributed by atoms with E-state index in [0.717, 1.165) is 12.8 Å². The Kier molecular flexibility index (Phi) is 10.1. The van der Waals surface area contributed by atoms with E-state index in [1.165, 1.54) is 18.2 Å². The summed E-state index contributed by atoms with van der Waals surface area (Å²) in [6.07, 6.45) is 2.13. The van der Waals surface area contributed by atoms with Crippen molar-refractivity contribution in [2.45, 2.75) is 39.0 Å². The maximum Gasteiger partial charge on any atom is 0.387 e. The molecule has 1 aromatic carbocycles. The molecule has 2 fully saturated rings. The van der Waals surface area contributed by atoms with E-state index in [4.69, 9.17) is 0 Å². The average Bonchev–Trinajstić information content (AvgIpc) is 3.50. The first-order chi connectivity index (χ1) is 14.5. The van der Waals surface area contributed by atoms with Crippen LogP contribution in [-0.4, -0.2) is 73.6 Å². The molecule has 3 rings (SSSR count). The molecular weight excluding hydrogens is 526 g/mol. The predicted molar refractivity (Wildman–Crippen MR) is 122 cm³/mol. The quantitative estimate of drug-likeness (QED) is 0.293. The Labute approximate surface area is 197 Å². The molecule has 0 radical (unpaired) electrons. The highest BCUT2D eigenvalue weighted by Gasteiger charge is 2.26. The monoisotopic (exact) mass is 555 g/mol. The van der Waals surface area contributed by atoms with Gasteiger partial charge in [-0.3, -0.25) is 9.69 Å². The number of guanidine groups is 1. The Morgan fingerprint density at radius 1 is 1.26 bits per heavy atom. The molecular formula is C20H29F3IN5O2. The van der Waals surface area contributed by atoms with Gasteiger partial charge in [0.2, 0.25) is 5.91 Å². The lowest BCUT2D eigenvalue weighted by Crippen LogP contribution is -2.54. The number of rotatable bonds is 8. The Morgan fingerprint density at radius 2 is 1.97 bits per heavy atom. The molecule has 0 spiro atoms. The maximum absolute atomic E-state index is 14.2. The van der Waals surface area contributed by atoms with E-state index in [1.807, 2.05) is 11.8 Å². The lowest BCUT2D eigenvalue weighted by Gasteiger charge is -2.36. The number of benzene rings is 1. The van der Waals surface area contributed by atoms with Crippen LogP contribution in [0.4, 0.5) is 13.2 Å². The molecule has 31 heavy (non-hydrogen) atoms. The van der Waals surface area contributed by atoms with Gasteiger partial charge < -0.3 is 20.3 Å². The topological polar surface area (TPSA) is 69.2 Å². The van der Waals surface area contributed by atoms with Crippen molar-refractivity contribution in [2.75, 3.05) is 39.3 Å². The number of carbonyl (C=O) groups excluding carboxylic acids is 1. The van der Waals surface area contributed by atoms with Crippen LogP contribution in [0.25, 0.3) is 0 Å². The summed E-state index contributed by atoms with van der Waals surface area (Å²) < 4.78 is 43.8. The number of carbonyl (C=O) groups is 1. The molecule has 1 heterocycles. The van der Waals surface area contributed by atoms with E-state index < -0.39 is 12.4 Å². The number of hydrogen-bond donors (Lipinski definition) is 2. The van der Waals surface area contributed by atoms with E-state index in [2.05, 4.69) is 25.3 Å². The van der Waals surface area contributed by atoms with Crippen LogP contribution in [0.5, 0.6) is 5.75 Å². The molecule has 2 N–H and O–H groups in total. The lowest BCUT2D eigenvalue weighted by molar-refractivity contribution is -0.122. The summed E-state index contributed by atoms with van der Waals surface area (Å²) in [7, 11) is 0. The van der Waals surface area contributed by atoms with Gasteiger partial charge in [-0.2, -0.15) is 8.78 Å². The predicted octanol–water partition coefficient (Wildman–Crippen LogP) is 2.41. The summed E-state index contributed by atoms with van der Waals surface area (Å²) in [6.45, 7) is 2.45. The highest BCUT2D eigenvalue weighted by Crippen LogP contribution is 2.24. The summed E-state index contributed by atoms with van der Waals surface area (Å²) in [5.41, 5.74) is -0.0106. The maximum atomic E-state index is 14.2. The number of alkyl halides is 2. The smallest absolute Gasteiger partial charge is 0.387 e. The number of nitrogens with one attached hydrogen (secondary N) is 2. The standard InChI is InChI=1S/C20H28F3N5O2.HI/c1-2-24-20(25-12-15-16(21)4-3-5-17(15)30-19(22)23)28-10-8-27(9-11-28)13-18(29)26-14-6-7-14;/h3-5,14,19H,2,6-13H2,1H3,(H,24,25)(H,26,29);1H. The van der Waals surface area contributed by atoms with Crippen molar-refractivity contribution in [1.29, 1.82) is 0 Å². The minimum Gasteiger partial charge on any atom is -0.434 e. The Bertz CT molecular complexity index is 756. The summed E-state index contributed by atoms with van der Waals surface area (Å²) in [6, 6.07) is 4.17. The molecule has 174 valence electrons. The molecule has 1 saturated heterocycles. The van der Waals surface area contributed by atoms with Crippen LogP contribution in [-0.2, 0) is 11.3 Å². The van der Waals surface area contributed by atoms with E-state index in [-0.39, 0.29) is 47.7 Å². The van der Waals surface area contributed by atoms with Crippen molar-refractivity contribution in [3.63, 3.8) is 0 Å². The van der Waals surface area contributed by atoms with Crippen LogP contribution in [0.1, 0.15) is 25.3 Å². The molecule has 2 aliphatic rings. The van der Waals surface area contributed by atoms with Crippen LogP contribution < -0.4 is 15.4 Å². The number of hydrogen-bond acceptors (Lipinski definition) is 4. The number of nitrogens with zero attached hydrogens (tertiary/aromatic N) is 3. The number of halogens is 4. The largest absolute Gasteiger partial charge is 0.434 e. The van der Waals surface area contributed by atoms with Crippen molar-refractivity contribution >= 4 is 35.8 Å². The number of aliphatic imine (C=N–C) groups is 1. The van der Waals surface area contributed by atoms with Gasteiger partial charge in [-0.15, -0.1) is 24.0 Å². The SMILES string of the molecule is CCNC(=NCc1c(F)cccc1OC(F)F)N1CCN(CC(=O)NC2CC2)CC1.I. The molecule has 11 heteroatoms. The summed E-state index contributed by atoms with van der Waals surface area (Å²) in [5.74, 6) is -0.223. The van der Waals surface area contributed by atoms with Crippen molar-refractivity contribution in [2.24, 2.45) is 4.99 Å². The van der Waals surface area contributed by atoms with Crippen LogP contribution in [0.3, 0.4) is 0 Å². The lowest BCUT2D eigenvalue weighted by atomic mass is 10.2. The Morgan fingerprint density at radius 3 is 2.58 bits per heavy atom. The third-order valence-corrected chi connectivity index (χ3v) is 5.00. The van der Waals surface area contributed by atoms with Gasteiger partial charge in [0.05, 0.1) is 18.7 Å². The fraction of sp³-hybridized carbons (Fsp3) is 0.600. The van der Waals surface area contributed by atoms with Gasteiger partial charge in [0.15, 0.2) is 5.96 Å². The van der Waals surface area contributed by atoms with E-state index in [1.54, 1.807) is 0 Å². The zero-order chi connectivity index (χ0) is 21.5. The van der Waals surface area contributed by atoms with Crippen LogP contribution in [0.2, 0.25) is 0 Å². The van der Waals surface area contributed by atoms with E-state index in [0.29, 0.717) is 51.3 Å². The Hall–Kier alpha value is -1.76. The van der Waals surface area contributed by atoms with Gasteiger partial charge in [-0.05, 0) is 31.9 Å². The van der Waals surface area contributed by atoms with Gasteiger partial charge in [-0.25, -0.2) is 9.38 Å². The van der Waals surface area contributed by atoms with Crippen LogP contribution in [0, 0.1) is 5.82 Å². The molecule has 0 aromatic heterocycles. The number of piperazine rings is 1. The highest BCUT2D eigenvalue weighted by molar-refractivity contribution is 14.0. The third-order valence-electron chi connectivity index (χ3n) is 5.00. The zero-order valence-electron chi connectivity index (χ0n) is 17.5. The molecule has 1 aliphatic carbocycles. The number of amides is 1. The molecule has 1 aliphatic heterocycles. The second-order valence-corrected chi connectivity index (χ2v) is 7.37. The van der Waals surface area contributed by atoms with Crippen molar-refractivity contribution in [3.8, 4) is 5.75 Å².